The highest BCUT2D eigenvalue weighted by Gasteiger charge is 2.51. The van der Waals surface area contributed by atoms with Crippen LogP contribution in [-0.4, -0.2) is 24.1 Å². The highest BCUT2D eigenvalue weighted by Crippen LogP contribution is 2.48. The maximum atomic E-state index is 11.8. The summed E-state index contributed by atoms with van der Waals surface area (Å²) in [5, 5.41) is 0. The SMILES string of the molecule is C=C(C)C(=O)OC1C2CC3CC(C2)C(=O)OC1C3. The molecule has 2 saturated carbocycles. The number of ether oxygens (including phenoxy) is 2. The Labute approximate surface area is 106 Å². The lowest BCUT2D eigenvalue weighted by molar-refractivity contribution is -0.169. The zero-order chi connectivity index (χ0) is 12.9. The minimum atomic E-state index is -0.372. The fourth-order valence-corrected chi connectivity index (χ4v) is 3.66. The molecule has 4 nitrogen and oxygen atoms in total. The second-order valence-corrected chi connectivity index (χ2v) is 5.89. The fraction of sp³-hybridized carbons (Fsp3) is 0.714. The third kappa shape index (κ3) is 1.84. The third-order valence-electron chi connectivity index (χ3n) is 4.43. The second-order valence-electron chi connectivity index (χ2n) is 5.89. The summed E-state index contributed by atoms with van der Waals surface area (Å²) >= 11 is 0. The van der Waals surface area contributed by atoms with E-state index in [9.17, 15) is 9.59 Å². The van der Waals surface area contributed by atoms with E-state index in [1.807, 2.05) is 0 Å². The molecule has 5 atom stereocenters. The van der Waals surface area contributed by atoms with Gasteiger partial charge in [-0.1, -0.05) is 6.58 Å². The quantitative estimate of drug-likeness (QED) is 0.554. The van der Waals surface area contributed by atoms with Crippen LogP contribution in [-0.2, 0) is 19.1 Å². The lowest BCUT2D eigenvalue weighted by atomic mass is 9.67. The largest absolute Gasteiger partial charge is 0.458 e. The Hall–Kier alpha value is -1.32. The average Bonchev–Trinajstić information content (AvgIpc) is 2.47. The minimum Gasteiger partial charge on any atom is -0.458 e. The summed E-state index contributed by atoms with van der Waals surface area (Å²) in [5.74, 6) is 0.393. The average molecular weight is 250 g/mol. The van der Waals surface area contributed by atoms with E-state index in [4.69, 9.17) is 9.47 Å². The first-order valence-corrected chi connectivity index (χ1v) is 6.61. The van der Waals surface area contributed by atoms with Crippen LogP contribution in [0.15, 0.2) is 12.2 Å². The van der Waals surface area contributed by atoms with Gasteiger partial charge in [-0.15, -0.1) is 0 Å². The second kappa shape index (κ2) is 4.11. The summed E-state index contributed by atoms with van der Waals surface area (Å²) in [6.45, 7) is 5.23. The predicted octanol–water partition coefficient (Wildman–Crippen LogP) is 1.84. The van der Waals surface area contributed by atoms with E-state index in [2.05, 4.69) is 6.58 Å². The molecule has 2 aliphatic carbocycles. The number of fused-ring (bicyclic) bond motifs is 1. The van der Waals surface area contributed by atoms with E-state index in [-0.39, 0.29) is 36.0 Å². The summed E-state index contributed by atoms with van der Waals surface area (Å²) in [4.78, 5) is 23.5. The standard InChI is InChI=1S/C14H18O4/c1-7(2)13(15)18-12-9-3-8-4-10(6-9)14(16)17-11(12)5-8/h8-12H,1,3-6H2,2H3. The monoisotopic (exact) mass is 250 g/mol. The molecule has 98 valence electrons. The smallest absolute Gasteiger partial charge is 0.333 e. The molecular formula is C14H18O4. The Kier molecular flexibility index (Phi) is 2.68. The maximum absolute atomic E-state index is 11.8. The summed E-state index contributed by atoms with van der Waals surface area (Å²) in [7, 11) is 0. The minimum absolute atomic E-state index is 0.0206. The highest BCUT2D eigenvalue weighted by atomic mass is 16.6. The molecule has 2 saturated heterocycles. The van der Waals surface area contributed by atoms with Crippen molar-refractivity contribution in [2.45, 2.75) is 44.8 Å². The summed E-state index contributed by atoms with van der Waals surface area (Å²) < 4.78 is 11.0. The van der Waals surface area contributed by atoms with Crippen molar-refractivity contribution in [2.24, 2.45) is 17.8 Å². The van der Waals surface area contributed by atoms with Gasteiger partial charge in [-0.05, 0) is 38.5 Å². The molecule has 2 heterocycles. The van der Waals surface area contributed by atoms with Crippen molar-refractivity contribution < 1.29 is 19.1 Å². The van der Waals surface area contributed by atoms with Crippen LogP contribution in [0.1, 0.15) is 32.6 Å². The Morgan fingerprint density at radius 3 is 2.83 bits per heavy atom. The summed E-state index contributed by atoms with van der Waals surface area (Å²) in [6.07, 6.45) is 3.15. The topological polar surface area (TPSA) is 52.6 Å². The molecule has 5 unspecified atom stereocenters. The van der Waals surface area contributed by atoms with Crippen LogP contribution in [0.2, 0.25) is 0 Å². The zero-order valence-electron chi connectivity index (χ0n) is 10.6. The highest BCUT2D eigenvalue weighted by molar-refractivity contribution is 5.87. The molecule has 4 heteroatoms. The number of carbonyl (C=O) groups excluding carboxylic acids is 2. The fourth-order valence-electron chi connectivity index (χ4n) is 3.66. The lowest BCUT2D eigenvalue weighted by Crippen LogP contribution is -2.45. The van der Waals surface area contributed by atoms with Gasteiger partial charge < -0.3 is 9.47 Å². The first-order chi connectivity index (χ1) is 8.54. The van der Waals surface area contributed by atoms with E-state index in [1.54, 1.807) is 6.92 Å². The van der Waals surface area contributed by atoms with Crippen molar-refractivity contribution in [3.63, 3.8) is 0 Å². The van der Waals surface area contributed by atoms with Gasteiger partial charge in [0.1, 0.15) is 12.2 Å². The van der Waals surface area contributed by atoms with E-state index in [1.165, 1.54) is 0 Å². The van der Waals surface area contributed by atoms with Gasteiger partial charge >= 0.3 is 11.9 Å². The van der Waals surface area contributed by atoms with Gasteiger partial charge in [0.15, 0.2) is 0 Å². The Morgan fingerprint density at radius 1 is 1.33 bits per heavy atom. The molecule has 4 rings (SSSR count). The molecule has 0 aromatic carbocycles. The first kappa shape index (κ1) is 11.8. The van der Waals surface area contributed by atoms with Crippen molar-refractivity contribution in [1.29, 1.82) is 0 Å². The van der Waals surface area contributed by atoms with Crippen LogP contribution in [0.25, 0.3) is 0 Å². The molecule has 4 bridgehead atoms. The van der Waals surface area contributed by atoms with Crippen molar-refractivity contribution in [3.8, 4) is 0 Å². The van der Waals surface area contributed by atoms with Gasteiger partial charge in [-0.25, -0.2) is 4.79 Å². The van der Waals surface area contributed by atoms with Crippen molar-refractivity contribution in [2.75, 3.05) is 0 Å². The number of carbonyl (C=O) groups is 2. The van der Waals surface area contributed by atoms with E-state index in [0.29, 0.717) is 11.5 Å². The van der Waals surface area contributed by atoms with E-state index >= 15 is 0 Å². The Bertz CT molecular complexity index is 414. The molecule has 4 aliphatic rings. The van der Waals surface area contributed by atoms with Crippen LogP contribution >= 0.6 is 0 Å². The van der Waals surface area contributed by atoms with Gasteiger partial charge in [0.2, 0.25) is 0 Å². The van der Waals surface area contributed by atoms with Crippen molar-refractivity contribution >= 4 is 11.9 Å². The van der Waals surface area contributed by atoms with Crippen LogP contribution < -0.4 is 0 Å². The van der Waals surface area contributed by atoms with Gasteiger partial charge in [0.25, 0.3) is 0 Å². The molecule has 0 spiro atoms. The molecule has 0 aromatic rings. The number of rotatable bonds is 2. The van der Waals surface area contributed by atoms with E-state index in [0.717, 1.165) is 25.7 Å². The van der Waals surface area contributed by atoms with Crippen LogP contribution in [0.5, 0.6) is 0 Å². The normalized spacial score (nSPS) is 41.2. The molecule has 4 fully saturated rings. The van der Waals surface area contributed by atoms with Crippen molar-refractivity contribution in [3.05, 3.63) is 12.2 Å². The Morgan fingerprint density at radius 2 is 2.11 bits per heavy atom. The molecule has 0 N–H and O–H groups in total. The van der Waals surface area contributed by atoms with Gasteiger partial charge in [-0.3, -0.25) is 4.79 Å². The van der Waals surface area contributed by atoms with Gasteiger partial charge in [0.05, 0.1) is 5.92 Å². The molecule has 2 aliphatic heterocycles. The number of hydrogen-bond acceptors (Lipinski definition) is 4. The number of hydrogen-bond donors (Lipinski definition) is 0. The molecule has 0 aromatic heterocycles. The zero-order valence-corrected chi connectivity index (χ0v) is 10.6. The van der Waals surface area contributed by atoms with Gasteiger partial charge in [0, 0.05) is 11.5 Å². The molecule has 0 radical (unpaired) electrons. The summed E-state index contributed by atoms with van der Waals surface area (Å²) in [6, 6.07) is 0. The molecule has 18 heavy (non-hydrogen) atoms. The predicted molar refractivity (Wildman–Crippen MR) is 63.5 cm³/mol. The van der Waals surface area contributed by atoms with E-state index < -0.39 is 0 Å². The lowest BCUT2D eigenvalue weighted by Gasteiger charge is -2.41. The Balaban J connectivity index is 1.82. The van der Waals surface area contributed by atoms with Crippen LogP contribution in [0, 0.1) is 17.8 Å². The third-order valence-corrected chi connectivity index (χ3v) is 4.43. The number of esters is 2. The maximum Gasteiger partial charge on any atom is 0.333 e. The van der Waals surface area contributed by atoms with Crippen LogP contribution in [0.4, 0.5) is 0 Å². The molecule has 0 amide bonds. The molecular weight excluding hydrogens is 232 g/mol. The first-order valence-electron chi connectivity index (χ1n) is 6.61. The van der Waals surface area contributed by atoms with Crippen LogP contribution in [0.3, 0.4) is 0 Å². The summed E-state index contributed by atoms with van der Waals surface area (Å²) in [5.41, 5.74) is 0.397. The van der Waals surface area contributed by atoms with Crippen molar-refractivity contribution in [1.82, 2.24) is 0 Å². The van der Waals surface area contributed by atoms with Gasteiger partial charge in [-0.2, -0.15) is 0 Å².